The fraction of sp³-hybridized carbons (Fsp3) is 0.353. The third-order valence-corrected chi connectivity index (χ3v) is 4.59. The van der Waals surface area contributed by atoms with Crippen LogP contribution in [0.25, 0.3) is 0 Å². The normalized spacial score (nSPS) is 17.1. The van der Waals surface area contributed by atoms with E-state index in [-0.39, 0.29) is 35.1 Å². The number of aromatic carboxylic acids is 1. The van der Waals surface area contributed by atoms with E-state index in [1.54, 1.807) is 13.8 Å². The second kappa shape index (κ2) is 9.22. The number of carboxylic acids is 1. The fourth-order valence-electron chi connectivity index (χ4n) is 2.26. The number of carbonyl (C=O) groups excluding carboxylic acids is 2. The predicted molar refractivity (Wildman–Crippen MR) is 105 cm³/mol. The number of thioether (sulfide) groups is 1. The van der Waals surface area contributed by atoms with Crippen molar-refractivity contribution < 1.29 is 29.0 Å². The Bertz CT molecular complexity index is 863. The highest BCUT2D eigenvalue weighted by Gasteiger charge is 2.32. The Hall–Kier alpha value is -3.08. The van der Waals surface area contributed by atoms with Crippen LogP contribution in [0.4, 0.5) is 5.69 Å². The topological polar surface area (TPSA) is 139 Å². The molecule has 10 nitrogen and oxygen atoms in total. The molecule has 1 fully saturated rings. The molecule has 3 N–H and O–H groups in total. The van der Waals surface area contributed by atoms with Gasteiger partial charge in [-0.15, -0.1) is 5.10 Å². The molecule has 1 heterocycles. The van der Waals surface area contributed by atoms with E-state index in [9.17, 15) is 19.5 Å². The molecule has 2 rings (SSSR count). The van der Waals surface area contributed by atoms with Gasteiger partial charge in [0.15, 0.2) is 16.7 Å². The van der Waals surface area contributed by atoms with E-state index < -0.39 is 17.1 Å². The van der Waals surface area contributed by atoms with Gasteiger partial charge in [0, 0.05) is 24.3 Å². The van der Waals surface area contributed by atoms with Crippen molar-refractivity contribution in [3.05, 3.63) is 17.7 Å². The number of hydrogen-bond donors (Lipinski definition) is 3. The molecule has 1 aliphatic rings. The monoisotopic (exact) mass is 408 g/mol. The number of rotatable bonds is 7. The molecule has 0 aliphatic carbocycles. The zero-order valence-corrected chi connectivity index (χ0v) is 16.5. The number of amidine groups is 1. The standard InChI is InChI=1S/C17H20N4O6S/c1-8(2)20-21-17-19-15(23)13(28-17)7-14(22)18-10-6-12(27-4)11(26-3)5-9(10)16(24)25/h5-6,13H,7H2,1-4H3,(H,18,22)(H,24,25)(H,19,21,23). The number of methoxy groups -OCH3 is 2. The number of anilines is 1. The van der Waals surface area contributed by atoms with Gasteiger partial charge in [-0.2, -0.15) is 5.10 Å². The minimum Gasteiger partial charge on any atom is -0.493 e. The summed E-state index contributed by atoms with van der Waals surface area (Å²) in [6.07, 6.45) is -0.169. The Morgan fingerprint density at radius 2 is 1.89 bits per heavy atom. The molecule has 1 aliphatic heterocycles. The van der Waals surface area contributed by atoms with Crippen LogP contribution >= 0.6 is 11.8 Å². The Morgan fingerprint density at radius 1 is 1.25 bits per heavy atom. The molecular formula is C17H20N4O6S. The van der Waals surface area contributed by atoms with Crippen molar-refractivity contribution in [1.29, 1.82) is 0 Å². The average Bonchev–Trinajstić information content (AvgIpc) is 2.98. The number of carbonyl (C=O) groups is 3. The Morgan fingerprint density at radius 3 is 2.46 bits per heavy atom. The quantitative estimate of drug-likeness (QED) is 0.461. The SMILES string of the molecule is COc1cc(NC(=O)CC2S/C(=N/N=C(C)C)NC2=O)c(C(=O)O)cc1OC. The van der Waals surface area contributed by atoms with E-state index in [1.807, 2.05) is 0 Å². The number of ether oxygens (including phenoxy) is 2. The van der Waals surface area contributed by atoms with Crippen LogP contribution in [-0.4, -0.2) is 53.2 Å². The summed E-state index contributed by atoms with van der Waals surface area (Å²) >= 11 is 1.08. The maximum Gasteiger partial charge on any atom is 0.337 e. The van der Waals surface area contributed by atoms with Crippen molar-refractivity contribution in [3.8, 4) is 11.5 Å². The predicted octanol–water partition coefficient (Wildman–Crippen LogP) is 1.71. The van der Waals surface area contributed by atoms with Gasteiger partial charge in [-0.1, -0.05) is 11.8 Å². The smallest absolute Gasteiger partial charge is 0.337 e. The second-order valence-electron chi connectivity index (χ2n) is 5.86. The Kier molecular flexibility index (Phi) is 6.99. The molecule has 0 aromatic heterocycles. The number of amides is 2. The minimum absolute atomic E-state index is 0.0404. The molecule has 0 saturated carbocycles. The summed E-state index contributed by atoms with van der Waals surface area (Å²) in [5.74, 6) is -1.66. The molecule has 1 atom stereocenters. The highest BCUT2D eigenvalue weighted by molar-refractivity contribution is 8.15. The van der Waals surface area contributed by atoms with Gasteiger partial charge in [-0.05, 0) is 13.8 Å². The molecule has 2 amide bonds. The van der Waals surface area contributed by atoms with Gasteiger partial charge in [-0.25, -0.2) is 4.79 Å². The molecule has 1 unspecified atom stereocenters. The summed E-state index contributed by atoms with van der Waals surface area (Å²) in [6, 6.07) is 2.61. The number of hydrogen-bond acceptors (Lipinski definition) is 8. The zero-order valence-electron chi connectivity index (χ0n) is 15.7. The highest BCUT2D eigenvalue weighted by Crippen LogP contribution is 2.33. The fourth-order valence-corrected chi connectivity index (χ4v) is 3.18. The summed E-state index contributed by atoms with van der Waals surface area (Å²) < 4.78 is 10.2. The van der Waals surface area contributed by atoms with E-state index in [0.29, 0.717) is 5.17 Å². The van der Waals surface area contributed by atoms with E-state index in [4.69, 9.17) is 9.47 Å². The summed E-state index contributed by atoms with van der Waals surface area (Å²) in [5.41, 5.74) is 0.599. The van der Waals surface area contributed by atoms with Crippen LogP contribution < -0.4 is 20.1 Å². The van der Waals surface area contributed by atoms with Crippen molar-refractivity contribution >= 4 is 46.1 Å². The second-order valence-corrected chi connectivity index (χ2v) is 7.05. The van der Waals surface area contributed by atoms with Gasteiger partial charge in [0.1, 0.15) is 5.25 Å². The van der Waals surface area contributed by atoms with Crippen LogP contribution in [0.3, 0.4) is 0 Å². The Balaban J connectivity index is 2.15. The van der Waals surface area contributed by atoms with Gasteiger partial charge in [0.05, 0.1) is 25.5 Å². The summed E-state index contributed by atoms with van der Waals surface area (Å²) in [6.45, 7) is 3.53. The summed E-state index contributed by atoms with van der Waals surface area (Å²) in [5, 5.41) is 21.8. The molecule has 0 radical (unpaired) electrons. The van der Waals surface area contributed by atoms with Crippen LogP contribution in [0, 0.1) is 0 Å². The maximum absolute atomic E-state index is 12.4. The third kappa shape index (κ3) is 5.22. The van der Waals surface area contributed by atoms with Crippen LogP contribution in [0.1, 0.15) is 30.6 Å². The molecule has 1 aromatic rings. The van der Waals surface area contributed by atoms with Crippen LogP contribution in [0.15, 0.2) is 22.3 Å². The van der Waals surface area contributed by atoms with Crippen molar-refractivity contribution in [3.63, 3.8) is 0 Å². The van der Waals surface area contributed by atoms with Gasteiger partial charge < -0.3 is 25.2 Å². The lowest BCUT2D eigenvalue weighted by atomic mass is 10.1. The highest BCUT2D eigenvalue weighted by atomic mass is 32.2. The molecule has 28 heavy (non-hydrogen) atoms. The van der Waals surface area contributed by atoms with Crippen LogP contribution in [-0.2, 0) is 9.59 Å². The van der Waals surface area contributed by atoms with Crippen LogP contribution in [0.2, 0.25) is 0 Å². The first kappa shape index (κ1) is 21.2. The number of nitrogens with one attached hydrogen (secondary N) is 2. The lowest BCUT2D eigenvalue weighted by molar-refractivity contribution is -0.122. The first-order chi connectivity index (χ1) is 13.2. The van der Waals surface area contributed by atoms with Crippen molar-refractivity contribution in [2.24, 2.45) is 10.2 Å². The van der Waals surface area contributed by atoms with Crippen molar-refractivity contribution in [1.82, 2.24) is 5.32 Å². The molecule has 11 heteroatoms. The largest absolute Gasteiger partial charge is 0.493 e. The van der Waals surface area contributed by atoms with Gasteiger partial charge >= 0.3 is 5.97 Å². The molecule has 0 spiro atoms. The number of benzene rings is 1. The molecule has 0 bridgehead atoms. The molecule has 150 valence electrons. The van der Waals surface area contributed by atoms with E-state index in [0.717, 1.165) is 17.5 Å². The maximum atomic E-state index is 12.4. The van der Waals surface area contributed by atoms with E-state index in [1.165, 1.54) is 26.4 Å². The van der Waals surface area contributed by atoms with Gasteiger partial charge in [-0.3, -0.25) is 9.59 Å². The summed E-state index contributed by atoms with van der Waals surface area (Å²) in [7, 11) is 2.77. The third-order valence-electron chi connectivity index (χ3n) is 3.52. The number of nitrogens with zero attached hydrogens (tertiary/aromatic N) is 2. The van der Waals surface area contributed by atoms with Crippen molar-refractivity contribution in [2.45, 2.75) is 25.5 Å². The average molecular weight is 408 g/mol. The lowest BCUT2D eigenvalue weighted by Gasteiger charge is -2.14. The number of carboxylic acid groups (broad SMARTS) is 1. The first-order valence-electron chi connectivity index (χ1n) is 8.10. The molecule has 1 aromatic carbocycles. The van der Waals surface area contributed by atoms with E-state index in [2.05, 4.69) is 20.8 Å². The zero-order chi connectivity index (χ0) is 20.8. The van der Waals surface area contributed by atoms with Gasteiger partial charge in [0.2, 0.25) is 11.8 Å². The first-order valence-corrected chi connectivity index (χ1v) is 8.98. The lowest BCUT2D eigenvalue weighted by Crippen LogP contribution is -2.28. The van der Waals surface area contributed by atoms with Crippen molar-refractivity contribution in [2.75, 3.05) is 19.5 Å². The molecule has 1 saturated heterocycles. The van der Waals surface area contributed by atoms with Crippen LogP contribution in [0.5, 0.6) is 11.5 Å². The van der Waals surface area contributed by atoms with Gasteiger partial charge in [0.25, 0.3) is 0 Å². The summed E-state index contributed by atoms with van der Waals surface area (Å²) in [4.78, 5) is 35.9. The Labute approximate surface area is 165 Å². The molecular weight excluding hydrogens is 388 g/mol. The minimum atomic E-state index is -1.24. The van der Waals surface area contributed by atoms with E-state index >= 15 is 0 Å².